The summed E-state index contributed by atoms with van der Waals surface area (Å²) in [5.41, 5.74) is 8.45. The molecule has 1 aromatic rings. The molecule has 1 aromatic heterocycles. The van der Waals surface area contributed by atoms with Crippen molar-refractivity contribution in [3.05, 3.63) is 60.3 Å². The average molecular weight is 351 g/mol. The van der Waals surface area contributed by atoms with E-state index in [-0.39, 0.29) is 11.8 Å². The molecule has 0 aliphatic carbocycles. The standard InChI is InChI=1S/C19H21N5O2/c1-12(2)17(18(20)25)23-19(26)14-7-13-8-21-9-16(13)24(10-14)11-15-5-3-4-6-22-15/h3-10,12,17H,11H2,1-2H3,(H2,20,25)(H,23,26). The molecule has 0 saturated heterocycles. The van der Waals surface area contributed by atoms with Crippen LogP contribution < -0.4 is 11.1 Å². The van der Waals surface area contributed by atoms with Crippen LogP contribution in [0.1, 0.15) is 29.9 Å². The summed E-state index contributed by atoms with van der Waals surface area (Å²) in [6, 6.07) is 6.72. The van der Waals surface area contributed by atoms with Crippen LogP contribution in [-0.4, -0.2) is 32.4 Å². The van der Waals surface area contributed by atoms with Gasteiger partial charge in [-0.3, -0.25) is 19.6 Å². The van der Waals surface area contributed by atoms with Crippen LogP contribution >= 0.6 is 0 Å². The number of pyridine rings is 2. The minimum atomic E-state index is -0.722. The first-order valence-corrected chi connectivity index (χ1v) is 8.39. The Morgan fingerprint density at radius 3 is 2.73 bits per heavy atom. The SMILES string of the molecule is CC(C)C(NC(=O)c1cc2cncc-2n(Cc2ccccn2)c1)C(N)=O. The first-order chi connectivity index (χ1) is 12.5. The minimum absolute atomic E-state index is 0.0959. The minimum Gasteiger partial charge on any atom is -0.368 e. The number of rotatable bonds is 6. The van der Waals surface area contributed by atoms with E-state index in [9.17, 15) is 9.59 Å². The van der Waals surface area contributed by atoms with E-state index in [4.69, 9.17) is 5.73 Å². The van der Waals surface area contributed by atoms with Crippen molar-refractivity contribution in [2.45, 2.75) is 26.4 Å². The molecule has 0 aromatic carbocycles. The summed E-state index contributed by atoms with van der Waals surface area (Å²) in [5.74, 6) is -0.993. The number of carbonyl (C=O) groups is 2. The van der Waals surface area contributed by atoms with Gasteiger partial charge in [0.15, 0.2) is 0 Å². The van der Waals surface area contributed by atoms with Crippen molar-refractivity contribution in [2.75, 3.05) is 0 Å². The van der Waals surface area contributed by atoms with E-state index in [1.807, 2.05) is 36.6 Å². The Balaban J connectivity index is 1.93. The second-order valence-electron chi connectivity index (χ2n) is 6.52. The number of hydrogen-bond donors (Lipinski definition) is 2. The van der Waals surface area contributed by atoms with E-state index in [0.29, 0.717) is 12.1 Å². The molecule has 0 radical (unpaired) electrons. The molecule has 3 N–H and O–H groups in total. The molecule has 3 heterocycles. The number of aromatic nitrogens is 3. The second kappa shape index (κ2) is 7.35. The second-order valence-corrected chi connectivity index (χ2v) is 6.52. The van der Waals surface area contributed by atoms with Gasteiger partial charge in [0.25, 0.3) is 5.91 Å². The monoisotopic (exact) mass is 351 g/mol. The van der Waals surface area contributed by atoms with Gasteiger partial charge in [-0.2, -0.15) is 0 Å². The smallest absolute Gasteiger partial charge is 0.253 e. The van der Waals surface area contributed by atoms with Crippen molar-refractivity contribution >= 4 is 11.8 Å². The van der Waals surface area contributed by atoms with E-state index >= 15 is 0 Å². The summed E-state index contributed by atoms with van der Waals surface area (Å²) in [6.45, 7) is 4.18. The van der Waals surface area contributed by atoms with E-state index < -0.39 is 11.9 Å². The molecule has 1 unspecified atom stereocenters. The number of hydrogen-bond acceptors (Lipinski definition) is 4. The number of nitrogens with one attached hydrogen (secondary N) is 1. The topological polar surface area (TPSA) is 103 Å². The predicted octanol–water partition coefficient (Wildman–Crippen LogP) is 1.67. The van der Waals surface area contributed by atoms with Crippen LogP contribution in [0.3, 0.4) is 0 Å². The molecule has 26 heavy (non-hydrogen) atoms. The molecule has 2 aliphatic rings. The normalized spacial score (nSPS) is 12.3. The summed E-state index contributed by atoms with van der Waals surface area (Å²) < 4.78 is 1.92. The summed E-state index contributed by atoms with van der Waals surface area (Å²) in [4.78, 5) is 32.7. The Labute approximate surface area is 151 Å². The van der Waals surface area contributed by atoms with Crippen molar-refractivity contribution in [1.82, 2.24) is 19.9 Å². The maximum absolute atomic E-state index is 12.7. The first kappa shape index (κ1) is 17.6. The molecule has 0 saturated carbocycles. The number of nitrogens with zero attached hydrogens (tertiary/aromatic N) is 3. The third-order valence-electron chi connectivity index (χ3n) is 4.20. The van der Waals surface area contributed by atoms with Crippen LogP contribution in [0.5, 0.6) is 0 Å². The van der Waals surface area contributed by atoms with Gasteiger partial charge < -0.3 is 15.6 Å². The summed E-state index contributed by atoms with van der Waals surface area (Å²) >= 11 is 0. The molecule has 7 nitrogen and oxygen atoms in total. The number of carbonyl (C=O) groups excluding carboxylic acids is 2. The van der Waals surface area contributed by atoms with Crippen molar-refractivity contribution in [3.8, 4) is 11.3 Å². The van der Waals surface area contributed by atoms with Gasteiger partial charge in [-0.1, -0.05) is 19.9 Å². The predicted molar refractivity (Wildman–Crippen MR) is 97.5 cm³/mol. The third kappa shape index (κ3) is 3.72. The Morgan fingerprint density at radius 2 is 2.08 bits per heavy atom. The molecule has 2 aliphatic heterocycles. The fourth-order valence-electron chi connectivity index (χ4n) is 2.83. The van der Waals surface area contributed by atoms with E-state index in [2.05, 4.69) is 15.3 Å². The fourth-order valence-corrected chi connectivity index (χ4v) is 2.83. The molecule has 0 spiro atoms. The van der Waals surface area contributed by atoms with Crippen LogP contribution in [0.25, 0.3) is 11.3 Å². The Morgan fingerprint density at radius 1 is 1.27 bits per heavy atom. The molecule has 7 heteroatoms. The lowest BCUT2D eigenvalue weighted by atomic mass is 10.0. The fraction of sp³-hybridized carbons (Fsp3) is 0.263. The van der Waals surface area contributed by atoms with Gasteiger partial charge in [-0.25, -0.2) is 0 Å². The highest BCUT2D eigenvalue weighted by molar-refractivity contribution is 5.98. The lowest BCUT2D eigenvalue weighted by Crippen LogP contribution is -2.47. The van der Waals surface area contributed by atoms with Crippen LogP contribution in [0, 0.1) is 5.92 Å². The highest BCUT2D eigenvalue weighted by Crippen LogP contribution is 2.24. The number of primary amides is 1. The quantitative estimate of drug-likeness (QED) is 0.705. The zero-order chi connectivity index (χ0) is 18.7. The molecule has 0 bridgehead atoms. The van der Waals surface area contributed by atoms with Crippen LogP contribution in [-0.2, 0) is 11.3 Å². The molecule has 3 rings (SSSR count). The van der Waals surface area contributed by atoms with Gasteiger partial charge in [0.1, 0.15) is 6.04 Å². The zero-order valence-electron chi connectivity index (χ0n) is 14.7. The van der Waals surface area contributed by atoms with Gasteiger partial charge in [0.2, 0.25) is 5.91 Å². The van der Waals surface area contributed by atoms with E-state index in [0.717, 1.165) is 17.0 Å². The largest absolute Gasteiger partial charge is 0.368 e. The lowest BCUT2D eigenvalue weighted by Gasteiger charge is -2.20. The van der Waals surface area contributed by atoms with Gasteiger partial charge in [-0.15, -0.1) is 0 Å². The van der Waals surface area contributed by atoms with Crippen molar-refractivity contribution in [1.29, 1.82) is 0 Å². The van der Waals surface area contributed by atoms with Crippen molar-refractivity contribution < 1.29 is 9.59 Å². The third-order valence-corrected chi connectivity index (χ3v) is 4.20. The number of fused-ring (bicyclic) bond motifs is 1. The highest BCUT2D eigenvalue weighted by Gasteiger charge is 2.23. The van der Waals surface area contributed by atoms with Crippen molar-refractivity contribution in [3.63, 3.8) is 0 Å². The van der Waals surface area contributed by atoms with Gasteiger partial charge >= 0.3 is 0 Å². The number of amides is 2. The van der Waals surface area contributed by atoms with Gasteiger partial charge in [-0.05, 0) is 24.1 Å². The molecular weight excluding hydrogens is 330 g/mol. The Hall–Kier alpha value is -3.22. The van der Waals surface area contributed by atoms with E-state index in [1.54, 1.807) is 30.9 Å². The molecule has 2 amide bonds. The molecule has 1 atom stereocenters. The summed E-state index contributed by atoms with van der Waals surface area (Å²) in [5, 5.41) is 2.72. The van der Waals surface area contributed by atoms with Gasteiger partial charge in [0, 0.05) is 24.2 Å². The maximum atomic E-state index is 12.7. The molecule has 0 fully saturated rings. The lowest BCUT2D eigenvalue weighted by molar-refractivity contribution is -0.120. The number of nitrogens with two attached hydrogens (primary N) is 1. The summed E-state index contributed by atoms with van der Waals surface area (Å²) in [6.07, 6.45) is 6.93. The van der Waals surface area contributed by atoms with Crippen LogP contribution in [0.2, 0.25) is 0 Å². The van der Waals surface area contributed by atoms with E-state index in [1.165, 1.54) is 0 Å². The molecule has 134 valence electrons. The Kier molecular flexibility index (Phi) is 4.97. The first-order valence-electron chi connectivity index (χ1n) is 8.39. The molecular formula is C19H21N5O2. The zero-order valence-corrected chi connectivity index (χ0v) is 14.7. The van der Waals surface area contributed by atoms with Crippen molar-refractivity contribution in [2.24, 2.45) is 11.7 Å². The van der Waals surface area contributed by atoms with Gasteiger partial charge in [0.05, 0.1) is 29.7 Å². The Bertz CT molecular complexity index is 888. The van der Waals surface area contributed by atoms with Crippen LogP contribution in [0.15, 0.2) is 49.1 Å². The van der Waals surface area contributed by atoms with Crippen LogP contribution in [0.4, 0.5) is 0 Å². The summed E-state index contributed by atoms with van der Waals surface area (Å²) in [7, 11) is 0. The highest BCUT2D eigenvalue weighted by atomic mass is 16.2. The average Bonchev–Trinajstić information content (AvgIpc) is 3.08. The maximum Gasteiger partial charge on any atom is 0.253 e.